The van der Waals surface area contributed by atoms with Crippen LogP contribution in [0.25, 0.3) is 0 Å². The third-order valence-electron chi connectivity index (χ3n) is 2.42. The van der Waals surface area contributed by atoms with Crippen LogP contribution in [0, 0.1) is 0 Å². The summed E-state index contributed by atoms with van der Waals surface area (Å²) in [6, 6.07) is 0. The molecule has 0 aromatic rings. The Bertz CT molecular complexity index is 170. The lowest BCUT2D eigenvalue weighted by atomic mass is 10.1. The van der Waals surface area contributed by atoms with Gasteiger partial charge in [-0.25, -0.2) is 0 Å². The van der Waals surface area contributed by atoms with Crippen LogP contribution >= 0.6 is 0 Å². The van der Waals surface area contributed by atoms with Gasteiger partial charge in [-0.05, 0) is 25.7 Å². The van der Waals surface area contributed by atoms with Gasteiger partial charge in [0.05, 0.1) is 6.10 Å². The van der Waals surface area contributed by atoms with E-state index in [2.05, 4.69) is 6.92 Å². The lowest BCUT2D eigenvalue weighted by Crippen LogP contribution is -2.11. The number of hydrogen-bond acceptors (Lipinski definition) is 3. The lowest BCUT2D eigenvalue weighted by molar-refractivity contribution is -0.137. The van der Waals surface area contributed by atoms with E-state index >= 15 is 0 Å². The number of ether oxygens (including phenoxy) is 1. The molecule has 0 bridgehead atoms. The van der Waals surface area contributed by atoms with E-state index < -0.39 is 5.97 Å². The predicted molar refractivity (Wildman–Crippen MR) is 62.5 cm³/mol. The minimum Gasteiger partial charge on any atom is -0.481 e. The highest BCUT2D eigenvalue weighted by atomic mass is 16.5. The van der Waals surface area contributed by atoms with E-state index in [-0.39, 0.29) is 12.5 Å². The topological polar surface area (TPSA) is 66.8 Å². The molecule has 16 heavy (non-hydrogen) atoms. The molecule has 0 aromatic heterocycles. The molecule has 96 valence electrons. The first-order valence-electron chi connectivity index (χ1n) is 6.14. The van der Waals surface area contributed by atoms with Crippen LogP contribution in [-0.4, -0.2) is 35.5 Å². The van der Waals surface area contributed by atoms with Crippen molar-refractivity contribution in [1.82, 2.24) is 0 Å². The van der Waals surface area contributed by atoms with Gasteiger partial charge >= 0.3 is 5.97 Å². The van der Waals surface area contributed by atoms with E-state index in [0.29, 0.717) is 25.9 Å². The summed E-state index contributed by atoms with van der Waals surface area (Å²) in [6.07, 6.45) is 4.76. The van der Waals surface area contributed by atoms with Gasteiger partial charge in [0, 0.05) is 19.6 Å². The summed E-state index contributed by atoms with van der Waals surface area (Å²) in [4.78, 5) is 10.2. The number of rotatable bonds is 11. The Balaban J connectivity index is 3.18. The van der Waals surface area contributed by atoms with Gasteiger partial charge in [0.2, 0.25) is 0 Å². The van der Waals surface area contributed by atoms with Gasteiger partial charge in [-0.3, -0.25) is 4.79 Å². The molecular formula is C12H24O4. The molecule has 0 aliphatic heterocycles. The predicted octanol–water partition coefficient (Wildman–Crippen LogP) is 2.20. The van der Waals surface area contributed by atoms with Crippen molar-refractivity contribution in [3.8, 4) is 0 Å². The summed E-state index contributed by atoms with van der Waals surface area (Å²) in [7, 11) is 0. The quantitative estimate of drug-likeness (QED) is 0.536. The number of carbonyl (C=O) groups is 1. The van der Waals surface area contributed by atoms with Crippen LogP contribution in [0.4, 0.5) is 0 Å². The zero-order valence-corrected chi connectivity index (χ0v) is 10.2. The van der Waals surface area contributed by atoms with Crippen LogP contribution in [0.5, 0.6) is 0 Å². The van der Waals surface area contributed by atoms with Gasteiger partial charge in [0.1, 0.15) is 0 Å². The average Bonchev–Trinajstić information content (AvgIpc) is 2.24. The number of hydrogen-bond donors (Lipinski definition) is 2. The maximum Gasteiger partial charge on any atom is 0.303 e. The highest BCUT2D eigenvalue weighted by molar-refractivity contribution is 5.66. The van der Waals surface area contributed by atoms with Crippen LogP contribution in [0.3, 0.4) is 0 Å². The maximum absolute atomic E-state index is 10.2. The standard InChI is InChI=1S/C12H24O4/c1-2-3-9-16-10-8-11(13)6-4-5-7-12(14)15/h11,13H,2-10H2,1H3,(H,14,15)/t11-/m1/s1. The van der Waals surface area contributed by atoms with E-state index in [1.165, 1.54) is 0 Å². The minimum atomic E-state index is -0.766. The molecule has 4 nitrogen and oxygen atoms in total. The summed E-state index contributed by atoms with van der Waals surface area (Å²) in [5.74, 6) is -0.766. The monoisotopic (exact) mass is 232 g/mol. The van der Waals surface area contributed by atoms with Crippen molar-refractivity contribution in [1.29, 1.82) is 0 Å². The lowest BCUT2D eigenvalue weighted by Gasteiger charge is -2.10. The second-order valence-corrected chi connectivity index (χ2v) is 4.05. The minimum absolute atomic E-state index is 0.194. The van der Waals surface area contributed by atoms with Gasteiger partial charge < -0.3 is 14.9 Å². The zero-order valence-electron chi connectivity index (χ0n) is 10.2. The first-order chi connectivity index (χ1) is 7.66. The van der Waals surface area contributed by atoms with Crippen molar-refractivity contribution in [3.63, 3.8) is 0 Å². The summed E-state index contributed by atoms with van der Waals surface area (Å²) in [6.45, 7) is 3.48. The molecule has 1 atom stereocenters. The highest BCUT2D eigenvalue weighted by Crippen LogP contribution is 2.06. The molecular weight excluding hydrogens is 208 g/mol. The third kappa shape index (κ3) is 11.5. The number of aliphatic hydroxyl groups excluding tert-OH is 1. The van der Waals surface area contributed by atoms with E-state index in [0.717, 1.165) is 25.9 Å². The van der Waals surface area contributed by atoms with Gasteiger partial charge in [-0.1, -0.05) is 19.8 Å². The van der Waals surface area contributed by atoms with Crippen molar-refractivity contribution in [2.24, 2.45) is 0 Å². The number of aliphatic carboxylic acids is 1. The van der Waals surface area contributed by atoms with Crippen molar-refractivity contribution >= 4 is 5.97 Å². The van der Waals surface area contributed by atoms with Crippen molar-refractivity contribution < 1.29 is 19.7 Å². The Morgan fingerprint density at radius 1 is 1.19 bits per heavy atom. The summed E-state index contributed by atoms with van der Waals surface area (Å²) >= 11 is 0. The fourth-order valence-corrected chi connectivity index (χ4v) is 1.37. The molecule has 0 spiro atoms. The maximum atomic E-state index is 10.2. The van der Waals surface area contributed by atoms with Crippen molar-refractivity contribution in [3.05, 3.63) is 0 Å². The molecule has 0 aliphatic rings. The van der Waals surface area contributed by atoms with Crippen LogP contribution in [0.15, 0.2) is 0 Å². The van der Waals surface area contributed by atoms with E-state index in [1.807, 2.05) is 0 Å². The van der Waals surface area contributed by atoms with Crippen LogP contribution in [-0.2, 0) is 9.53 Å². The number of unbranched alkanes of at least 4 members (excludes halogenated alkanes) is 2. The van der Waals surface area contributed by atoms with Gasteiger partial charge in [-0.2, -0.15) is 0 Å². The largest absolute Gasteiger partial charge is 0.481 e. The fraction of sp³-hybridized carbons (Fsp3) is 0.917. The Labute approximate surface area is 97.6 Å². The average molecular weight is 232 g/mol. The molecule has 2 N–H and O–H groups in total. The Morgan fingerprint density at radius 2 is 1.94 bits per heavy atom. The van der Waals surface area contributed by atoms with Crippen LogP contribution in [0.2, 0.25) is 0 Å². The molecule has 0 fully saturated rings. The molecule has 4 heteroatoms. The van der Waals surface area contributed by atoms with Gasteiger partial charge in [0.25, 0.3) is 0 Å². The van der Waals surface area contributed by atoms with Gasteiger partial charge in [0.15, 0.2) is 0 Å². The number of carboxylic acids is 1. The Kier molecular flexibility index (Phi) is 10.5. The summed E-state index contributed by atoms with van der Waals surface area (Å²) in [5, 5.41) is 18.0. The molecule has 0 heterocycles. The molecule has 0 aromatic carbocycles. The smallest absolute Gasteiger partial charge is 0.303 e. The summed E-state index contributed by atoms with van der Waals surface area (Å²) in [5.41, 5.74) is 0. The van der Waals surface area contributed by atoms with E-state index in [1.54, 1.807) is 0 Å². The Hall–Kier alpha value is -0.610. The molecule has 0 saturated carbocycles. The second-order valence-electron chi connectivity index (χ2n) is 4.05. The first-order valence-corrected chi connectivity index (χ1v) is 6.14. The summed E-state index contributed by atoms with van der Waals surface area (Å²) < 4.78 is 5.34. The first kappa shape index (κ1) is 15.4. The highest BCUT2D eigenvalue weighted by Gasteiger charge is 2.04. The molecule has 0 saturated heterocycles. The normalized spacial score (nSPS) is 12.6. The van der Waals surface area contributed by atoms with Crippen LogP contribution < -0.4 is 0 Å². The number of aliphatic hydroxyl groups is 1. The molecule has 0 unspecified atom stereocenters. The molecule has 0 aliphatic carbocycles. The Morgan fingerprint density at radius 3 is 2.56 bits per heavy atom. The number of carboxylic acid groups (broad SMARTS) is 1. The van der Waals surface area contributed by atoms with E-state index in [9.17, 15) is 9.90 Å². The zero-order chi connectivity index (χ0) is 12.2. The SMILES string of the molecule is CCCCOCC[C@H](O)CCCCC(=O)O. The molecule has 0 amide bonds. The second kappa shape index (κ2) is 10.9. The fourth-order valence-electron chi connectivity index (χ4n) is 1.37. The van der Waals surface area contributed by atoms with Gasteiger partial charge in [-0.15, -0.1) is 0 Å². The molecule has 0 radical (unpaired) electrons. The van der Waals surface area contributed by atoms with Crippen molar-refractivity contribution in [2.75, 3.05) is 13.2 Å². The van der Waals surface area contributed by atoms with E-state index in [4.69, 9.17) is 9.84 Å². The van der Waals surface area contributed by atoms with Crippen molar-refractivity contribution in [2.45, 2.75) is 58.0 Å². The molecule has 0 rings (SSSR count). The van der Waals surface area contributed by atoms with Crippen LogP contribution in [0.1, 0.15) is 51.9 Å². The third-order valence-corrected chi connectivity index (χ3v) is 2.42.